The summed E-state index contributed by atoms with van der Waals surface area (Å²) in [7, 11) is 3.39. The molecule has 0 aliphatic carbocycles. The van der Waals surface area contributed by atoms with E-state index < -0.39 is 0 Å². The first-order valence-electron chi connectivity index (χ1n) is 8.66. The number of nitrogens with zero attached hydrogens (tertiary/aromatic N) is 4. The van der Waals surface area contributed by atoms with Gasteiger partial charge in [0.1, 0.15) is 0 Å². The van der Waals surface area contributed by atoms with Gasteiger partial charge in [-0.05, 0) is 24.3 Å². The molecule has 0 saturated heterocycles. The number of fused-ring (bicyclic) bond motifs is 1. The number of methoxy groups -OCH3 is 1. The number of anilines is 5. The lowest BCUT2D eigenvalue weighted by Gasteiger charge is -2.29. The standard InChI is InChI=1S/C19H19N7O2/c1-20-13-4-3-5-15(8-13)26-17-12(10-23-19(26)27)9-22-18(25-17)24-14-6-7-16(28-2)21-11-14/h3-9,11,20H,10H2,1-2H3,(H,23,27)(H,22,24,25). The number of nitrogens with one attached hydrogen (secondary N) is 3. The molecular formula is C19H19N7O2. The van der Waals surface area contributed by atoms with E-state index in [0.717, 1.165) is 11.3 Å². The lowest BCUT2D eigenvalue weighted by atomic mass is 10.2. The van der Waals surface area contributed by atoms with E-state index in [0.29, 0.717) is 35.6 Å². The van der Waals surface area contributed by atoms with E-state index in [1.165, 1.54) is 0 Å². The second kappa shape index (κ2) is 7.39. The first-order chi connectivity index (χ1) is 13.7. The molecule has 1 aliphatic rings. The lowest BCUT2D eigenvalue weighted by Crippen LogP contribution is -2.42. The van der Waals surface area contributed by atoms with Gasteiger partial charge in [0.2, 0.25) is 11.8 Å². The Balaban J connectivity index is 1.68. The molecule has 0 unspecified atom stereocenters. The van der Waals surface area contributed by atoms with E-state index in [1.807, 2.05) is 37.4 Å². The topological polar surface area (TPSA) is 104 Å². The highest BCUT2D eigenvalue weighted by molar-refractivity contribution is 6.01. The summed E-state index contributed by atoms with van der Waals surface area (Å²) in [6.45, 7) is 0.376. The molecule has 28 heavy (non-hydrogen) atoms. The van der Waals surface area contributed by atoms with Gasteiger partial charge in [0.15, 0.2) is 5.82 Å². The van der Waals surface area contributed by atoms with Crippen molar-refractivity contribution in [1.29, 1.82) is 0 Å². The van der Waals surface area contributed by atoms with Crippen LogP contribution >= 0.6 is 0 Å². The molecule has 0 saturated carbocycles. The largest absolute Gasteiger partial charge is 0.481 e. The highest BCUT2D eigenvalue weighted by Gasteiger charge is 2.27. The minimum atomic E-state index is -0.239. The van der Waals surface area contributed by atoms with Crippen molar-refractivity contribution in [3.05, 3.63) is 54.4 Å². The van der Waals surface area contributed by atoms with E-state index in [4.69, 9.17) is 4.74 Å². The Bertz CT molecular complexity index is 1010. The van der Waals surface area contributed by atoms with Gasteiger partial charge < -0.3 is 20.7 Å². The van der Waals surface area contributed by atoms with Crippen molar-refractivity contribution in [2.45, 2.75) is 6.54 Å². The van der Waals surface area contributed by atoms with Crippen LogP contribution in [0.1, 0.15) is 5.56 Å². The molecule has 2 amide bonds. The normalized spacial score (nSPS) is 12.8. The Morgan fingerprint density at radius 2 is 2.04 bits per heavy atom. The third-order valence-corrected chi connectivity index (χ3v) is 4.28. The van der Waals surface area contributed by atoms with Crippen LogP contribution in [0.4, 0.5) is 33.6 Å². The first kappa shape index (κ1) is 17.5. The van der Waals surface area contributed by atoms with Crippen LogP contribution in [0.2, 0.25) is 0 Å². The maximum atomic E-state index is 12.6. The molecule has 2 aromatic heterocycles. The summed E-state index contributed by atoms with van der Waals surface area (Å²) in [6, 6.07) is 10.9. The van der Waals surface area contributed by atoms with E-state index >= 15 is 0 Å². The number of carbonyl (C=O) groups excluding carboxylic acids is 1. The van der Waals surface area contributed by atoms with Crippen molar-refractivity contribution in [2.75, 3.05) is 29.7 Å². The van der Waals surface area contributed by atoms with Crippen molar-refractivity contribution in [3.63, 3.8) is 0 Å². The monoisotopic (exact) mass is 377 g/mol. The number of hydrogen-bond donors (Lipinski definition) is 3. The summed E-state index contributed by atoms with van der Waals surface area (Å²) in [5.74, 6) is 1.43. The van der Waals surface area contributed by atoms with Gasteiger partial charge in [0.25, 0.3) is 0 Å². The number of benzene rings is 1. The Labute approximate surface area is 161 Å². The van der Waals surface area contributed by atoms with Crippen molar-refractivity contribution in [1.82, 2.24) is 20.3 Å². The fourth-order valence-electron chi connectivity index (χ4n) is 2.87. The van der Waals surface area contributed by atoms with Crippen LogP contribution < -0.4 is 25.6 Å². The zero-order valence-corrected chi connectivity index (χ0v) is 15.4. The molecule has 0 radical (unpaired) electrons. The molecule has 142 valence electrons. The number of rotatable bonds is 5. The van der Waals surface area contributed by atoms with Gasteiger partial charge in [0, 0.05) is 37.1 Å². The number of pyridine rings is 1. The molecule has 9 nitrogen and oxygen atoms in total. The van der Waals surface area contributed by atoms with Crippen molar-refractivity contribution < 1.29 is 9.53 Å². The summed E-state index contributed by atoms with van der Waals surface area (Å²) in [6.07, 6.45) is 3.33. The molecule has 3 N–H and O–H groups in total. The van der Waals surface area contributed by atoms with Crippen LogP contribution in [0.25, 0.3) is 0 Å². The highest BCUT2D eigenvalue weighted by Crippen LogP contribution is 2.32. The summed E-state index contributed by atoms with van der Waals surface area (Å²) < 4.78 is 5.06. The predicted octanol–water partition coefficient (Wildman–Crippen LogP) is 3.03. The molecule has 3 aromatic rings. The molecule has 0 atom stereocenters. The maximum Gasteiger partial charge on any atom is 0.327 e. The fraction of sp³-hybridized carbons (Fsp3) is 0.158. The van der Waals surface area contributed by atoms with Crippen molar-refractivity contribution in [3.8, 4) is 5.88 Å². The zero-order valence-electron chi connectivity index (χ0n) is 15.4. The second-order valence-electron chi connectivity index (χ2n) is 6.05. The zero-order chi connectivity index (χ0) is 19.5. The van der Waals surface area contributed by atoms with Gasteiger partial charge in [-0.25, -0.2) is 19.7 Å². The van der Waals surface area contributed by atoms with E-state index in [9.17, 15) is 4.79 Å². The van der Waals surface area contributed by atoms with E-state index in [1.54, 1.807) is 30.5 Å². The average Bonchev–Trinajstić information content (AvgIpc) is 2.74. The fourth-order valence-corrected chi connectivity index (χ4v) is 2.87. The Kier molecular flexibility index (Phi) is 4.63. The molecule has 9 heteroatoms. The third-order valence-electron chi connectivity index (χ3n) is 4.28. The molecular weight excluding hydrogens is 358 g/mol. The number of hydrogen-bond acceptors (Lipinski definition) is 7. The molecule has 0 spiro atoms. The molecule has 4 rings (SSSR count). The molecule has 1 aliphatic heterocycles. The van der Waals surface area contributed by atoms with Crippen LogP contribution in [-0.4, -0.2) is 35.1 Å². The number of urea groups is 1. The summed E-state index contributed by atoms with van der Waals surface area (Å²) in [5.41, 5.74) is 3.15. The number of aromatic nitrogens is 3. The molecule has 0 fully saturated rings. The van der Waals surface area contributed by atoms with Gasteiger partial charge >= 0.3 is 6.03 Å². The lowest BCUT2D eigenvalue weighted by molar-refractivity contribution is 0.247. The van der Waals surface area contributed by atoms with Gasteiger partial charge in [0.05, 0.1) is 24.7 Å². The number of ether oxygens (including phenoxy) is 1. The smallest absolute Gasteiger partial charge is 0.327 e. The van der Waals surface area contributed by atoms with Crippen LogP contribution in [0.5, 0.6) is 5.88 Å². The maximum absolute atomic E-state index is 12.6. The Hall–Kier alpha value is -3.88. The van der Waals surface area contributed by atoms with Gasteiger partial charge in [-0.15, -0.1) is 0 Å². The van der Waals surface area contributed by atoms with Gasteiger partial charge in [-0.3, -0.25) is 0 Å². The average molecular weight is 377 g/mol. The minimum Gasteiger partial charge on any atom is -0.481 e. The summed E-state index contributed by atoms with van der Waals surface area (Å²) in [4.78, 5) is 27.2. The Morgan fingerprint density at radius 3 is 2.79 bits per heavy atom. The second-order valence-corrected chi connectivity index (χ2v) is 6.05. The molecule has 0 bridgehead atoms. The minimum absolute atomic E-state index is 0.239. The van der Waals surface area contributed by atoms with Gasteiger partial charge in [-0.1, -0.05) is 6.07 Å². The highest BCUT2D eigenvalue weighted by atomic mass is 16.5. The Morgan fingerprint density at radius 1 is 1.14 bits per heavy atom. The summed E-state index contributed by atoms with van der Waals surface area (Å²) >= 11 is 0. The van der Waals surface area contributed by atoms with Crippen molar-refractivity contribution in [2.24, 2.45) is 0 Å². The number of amides is 2. The molecule has 3 heterocycles. The van der Waals surface area contributed by atoms with Crippen LogP contribution in [0, 0.1) is 0 Å². The first-order valence-corrected chi connectivity index (χ1v) is 8.66. The quantitative estimate of drug-likeness (QED) is 0.628. The van der Waals surface area contributed by atoms with E-state index in [-0.39, 0.29) is 6.03 Å². The number of carbonyl (C=O) groups is 1. The van der Waals surface area contributed by atoms with Crippen LogP contribution in [-0.2, 0) is 6.54 Å². The van der Waals surface area contributed by atoms with Gasteiger partial charge in [-0.2, -0.15) is 4.98 Å². The SMILES string of the molecule is CNc1cccc(N2C(=O)NCc3cnc(Nc4ccc(OC)nc4)nc32)c1. The third kappa shape index (κ3) is 3.37. The van der Waals surface area contributed by atoms with Crippen LogP contribution in [0.3, 0.4) is 0 Å². The predicted molar refractivity (Wildman–Crippen MR) is 106 cm³/mol. The molecule has 1 aromatic carbocycles. The van der Waals surface area contributed by atoms with E-state index in [2.05, 4.69) is 30.9 Å². The van der Waals surface area contributed by atoms with Crippen LogP contribution in [0.15, 0.2) is 48.8 Å². The summed E-state index contributed by atoms with van der Waals surface area (Å²) in [5, 5.41) is 9.03. The van der Waals surface area contributed by atoms with Crippen molar-refractivity contribution >= 4 is 34.9 Å².